The molecule has 1 aromatic heterocycles. The third-order valence-corrected chi connectivity index (χ3v) is 11.6. The highest BCUT2D eigenvalue weighted by molar-refractivity contribution is 7.87. The maximum Gasteiger partial charge on any atom is 0.407 e. The van der Waals surface area contributed by atoms with E-state index in [4.69, 9.17) is 9.47 Å². The van der Waals surface area contributed by atoms with Crippen molar-refractivity contribution in [1.82, 2.24) is 29.5 Å². The molecule has 3 heterocycles. The van der Waals surface area contributed by atoms with Gasteiger partial charge < -0.3 is 25.0 Å². The van der Waals surface area contributed by atoms with Gasteiger partial charge in [-0.2, -0.15) is 12.7 Å². The van der Waals surface area contributed by atoms with Gasteiger partial charge in [0, 0.05) is 37.5 Å². The van der Waals surface area contributed by atoms with E-state index in [9.17, 15) is 27.6 Å². The van der Waals surface area contributed by atoms with E-state index in [1.165, 1.54) is 18.0 Å². The van der Waals surface area contributed by atoms with Crippen molar-refractivity contribution < 1.29 is 37.1 Å². The molecule has 0 unspecified atom stereocenters. The number of fused-ring (bicyclic) bond motifs is 3. The Labute approximate surface area is 321 Å². The number of alkyl carbamates (subject to hydrolysis) is 1. The molecule has 4 amide bonds. The van der Waals surface area contributed by atoms with Crippen LogP contribution in [0.2, 0.25) is 0 Å². The number of carbonyl (C=O) groups excluding carboxylic acids is 4. The zero-order valence-electron chi connectivity index (χ0n) is 31.5. The lowest BCUT2D eigenvalue weighted by Gasteiger charge is -2.35. The predicted octanol–water partition coefficient (Wildman–Crippen LogP) is 4.08. The Balaban J connectivity index is 1.29. The normalized spacial score (nSPS) is 25.2. The number of hydrogen-bond acceptors (Lipinski definition) is 9. The molecule has 55 heavy (non-hydrogen) atoms. The Morgan fingerprint density at radius 2 is 1.91 bits per heavy atom. The van der Waals surface area contributed by atoms with Crippen LogP contribution < -0.4 is 20.1 Å². The number of carbonyl (C=O) groups is 4. The molecule has 14 nitrogen and oxygen atoms in total. The van der Waals surface area contributed by atoms with Crippen LogP contribution in [0, 0.1) is 11.3 Å². The van der Waals surface area contributed by atoms with Crippen molar-refractivity contribution >= 4 is 50.9 Å². The van der Waals surface area contributed by atoms with Gasteiger partial charge in [-0.1, -0.05) is 81.5 Å². The van der Waals surface area contributed by atoms with E-state index < -0.39 is 69.1 Å². The van der Waals surface area contributed by atoms with Crippen LogP contribution in [0.25, 0.3) is 16.8 Å². The number of nitrogens with zero attached hydrogens (tertiary/aromatic N) is 3. The molecule has 1 saturated carbocycles. The summed E-state index contributed by atoms with van der Waals surface area (Å²) in [4.78, 5) is 61.5. The van der Waals surface area contributed by atoms with Crippen LogP contribution in [0.3, 0.4) is 0 Å². The standard InChI is InChI=1S/C40H48N6O8S/c1-6-29-23-40(29,37(49)44-55(51,52)45(5)24-27-14-9-7-10-15-27)43-34(47)32-22-30-25-46(32)36(48)33(39(2,3)4)42-38(50)53-20-12-8-11-13-26-16-17-28-18-19-41-35(54-30)31(28)21-26/h6-7,9-11,13-19,21,29-30,32-33H,1,8,12,20,22-25H2,2-5H3,(H,42,50)(H,43,47)(H,44,49)/b13-11-/t29-,30-,32+,33-,40-/m1/s1. The fraction of sp³-hybridized carbons (Fsp3) is 0.425. The van der Waals surface area contributed by atoms with Crippen molar-refractivity contribution in [3.8, 4) is 5.88 Å². The number of amides is 4. The van der Waals surface area contributed by atoms with Gasteiger partial charge in [0.1, 0.15) is 23.7 Å². The Morgan fingerprint density at radius 3 is 2.62 bits per heavy atom. The molecule has 3 aromatic rings. The lowest BCUT2D eigenvalue weighted by Crippen LogP contribution is -2.60. The molecule has 15 heteroatoms. The number of rotatable bonds is 8. The minimum atomic E-state index is -4.32. The topological polar surface area (TPSA) is 176 Å². The Morgan fingerprint density at radius 1 is 1.15 bits per heavy atom. The predicted molar refractivity (Wildman–Crippen MR) is 206 cm³/mol. The number of allylic oxidation sites excluding steroid dienone is 1. The number of aromatic nitrogens is 1. The number of hydrogen-bond donors (Lipinski definition) is 3. The fourth-order valence-corrected chi connectivity index (χ4v) is 7.89. The summed E-state index contributed by atoms with van der Waals surface area (Å²) in [5.41, 5.74) is -0.808. The van der Waals surface area contributed by atoms with E-state index in [1.807, 2.05) is 42.5 Å². The largest absolute Gasteiger partial charge is 0.472 e. The van der Waals surface area contributed by atoms with Gasteiger partial charge in [0.25, 0.3) is 5.91 Å². The minimum absolute atomic E-state index is 0.00826. The number of nitrogens with one attached hydrogen (secondary N) is 3. The third kappa shape index (κ3) is 8.83. The lowest BCUT2D eigenvalue weighted by molar-refractivity contribution is -0.142. The summed E-state index contributed by atoms with van der Waals surface area (Å²) in [5, 5.41) is 7.16. The molecule has 5 atom stereocenters. The fourth-order valence-electron chi connectivity index (χ4n) is 7.00. The molecular formula is C40H48N6O8S. The van der Waals surface area contributed by atoms with E-state index in [2.05, 4.69) is 26.9 Å². The van der Waals surface area contributed by atoms with E-state index in [-0.39, 0.29) is 32.5 Å². The van der Waals surface area contributed by atoms with Gasteiger partial charge in [-0.25, -0.2) is 14.5 Å². The second-order valence-corrected chi connectivity index (χ2v) is 17.2. The third-order valence-electron chi connectivity index (χ3n) is 10.2. The molecule has 1 aliphatic carbocycles. The van der Waals surface area contributed by atoms with Gasteiger partial charge in [0.2, 0.25) is 17.7 Å². The number of ether oxygens (including phenoxy) is 2. The van der Waals surface area contributed by atoms with Gasteiger partial charge in [0.15, 0.2) is 0 Å². The van der Waals surface area contributed by atoms with Crippen LogP contribution in [0.15, 0.2) is 79.5 Å². The van der Waals surface area contributed by atoms with Crippen molar-refractivity contribution in [2.24, 2.45) is 11.3 Å². The molecule has 292 valence electrons. The van der Waals surface area contributed by atoms with Gasteiger partial charge in [-0.05, 0) is 53.3 Å². The molecule has 6 rings (SSSR count). The maximum absolute atomic E-state index is 14.5. The number of cyclic esters (lactones) is 1. The van der Waals surface area contributed by atoms with Crippen LogP contribution in [0.5, 0.6) is 5.88 Å². The molecular weight excluding hydrogens is 725 g/mol. The van der Waals surface area contributed by atoms with Gasteiger partial charge in [0.05, 0.1) is 13.2 Å². The first kappa shape index (κ1) is 39.4. The average molecular weight is 773 g/mol. The summed E-state index contributed by atoms with van der Waals surface area (Å²) >= 11 is 0. The van der Waals surface area contributed by atoms with Crippen LogP contribution >= 0.6 is 0 Å². The summed E-state index contributed by atoms with van der Waals surface area (Å²) < 4.78 is 41.7. The smallest absolute Gasteiger partial charge is 0.407 e. The molecule has 2 aliphatic heterocycles. The van der Waals surface area contributed by atoms with Crippen LogP contribution in [0.1, 0.15) is 57.6 Å². The second-order valence-electron chi connectivity index (χ2n) is 15.4. The SMILES string of the molecule is C=C[C@@H]1C[C@]1(NC(=O)[C@@H]1C[C@@H]2CN1C(=O)[C@H](C(C)(C)C)NC(=O)OCCC/C=C\c1ccc3ccnc(c3c1)O2)C(=O)NS(=O)(=O)N(C)Cc1ccccc1. The van der Waals surface area contributed by atoms with Gasteiger partial charge >= 0.3 is 16.3 Å². The number of benzene rings is 2. The Bertz CT molecular complexity index is 2100. The summed E-state index contributed by atoms with van der Waals surface area (Å²) in [7, 11) is -2.97. The Kier molecular flexibility index (Phi) is 11.3. The molecule has 4 bridgehead atoms. The van der Waals surface area contributed by atoms with Gasteiger partial charge in [-0.15, -0.1) is 6.58 Å². The van der Waals surface area contributed by atoms with Crippen molar-refractivity contribution in [3.05, 3.63) is 90.7 Å². The van der Waals surface area contributed by atoms with E-state index >= 15 is 0 Å². The summed E-state index contributed by atoms with van der Waals surface area (Å²) in [5.74, 6) is -2.40. The van der Waals surface area contributed by atoms with Crippen molar-refractivity contribution in [2.75, 3.05) is 20.2 Å². The highest BCUT2D eigenvalue weighted by Gasteiger charge is 2.61. The average Bonchev–Trinajstić information content (AvgIpc) is 3.70. The highest BCUT2D eigenvalue weighted by Crippen LogP contribution is 2.45. The second kappa shape index (κ2) is 15.8. The minimum Gasteiger partial charge on any atom is -0.472 e. The Hall–Kier alpha value is -5.28. The summed E-state index contributed by atoms with van der Waals surface area (Å²) in [6.45, 7) is 9.26. The highest BCUT2D eigenvalue weighted by atomic mass is 32.2. The van der Waals surface area contributed by atoms with E-state index in [1.54, 1.807) is 51.2 Å². The number of pyridine rings is 1. The van der Waals surface area contributed by atoms with E-state index in [0.29, 0.717) is 18.7 Å². The van der Waals surface area contributed by atoms with Crippen molar-refractivity contribution in [1.29, 1.82) is 0 Å². The van der Waals surface area contributed by atoms with Crippen LogP contribution in [-0.2, 0) is 35.9 Å². The lowest BCUT2D eigenvalue weighted by atomic mass is 9.85. The monoisotopic (exact) mass is 772 g/mol. The van der Waals surface area contributed by atoms with Gasteiger partial charge in [-0.3, -0.25) is 14.4 Å². The van der Waals surface area contributed by atoms with Crippen molar-refractivity contribution in [2.45, 2.75) is 76.7 Å². The zero-order chi connectivity index (χ0) is 39.5. The first-order valence-electron chi connectivity index (χ1n) is 18.3. The first-order chi connectivity index (χ1) is 26.1. The maximum atomic E-state index is 14.5. The quantitative estimate of drug-likeness (QED) is 0.285. The van der Waals surface area contributed by atoms with Crippen molar-refractivity contribution in [3.63, 3.8) is 0 Å². The van der Waals surface area contributed by atoms with Crippen LogP contribution in [0.4, 0.5) is 4.79 Å². The zero-order valence-corrected chi connectivity index (χ0v) is 32.3. The molecule has 1 saturated heterocycles. The molecule has 0 radical (unpaired) electrons. The molecule has 3 aliphatic rings. The molecule has 3 N–H and O–H groups in total. The molecule has 0 spiro atoms. The first-order valence-corrected chi connectivity index (χ1v) is 19.8. The summed E-state index contributed by atoms with van der Waals surface area (Å²) in [6, 6.07) is 14.4. The molecule has 2 fully saturated rings. The summed E-state index contributed by atoms with van der Waals surface area (Å²) in [6.07, 6.45) is 6.92. The van der Waals surface area contributed by atoms with E-state index in [0.717, 1.165) is 26.2 Å². The van der Waals surface area contributed by atoms with Crippen LogP contribution in [-0.4, -0.2) is 90.3 Å². The molecule has 2 aromatic carbocycles.